The van der Waals surface area contributed by atoms with Crippen LogP contribution in [0.3, 0.4) is 0 Å². The van der Waals surface area contributed by atoms with Gasteiger partial charge in [-0.3, -0.25) is 0 Å². The lowest BCUT2D eigenvalue weighted by atomic mass is 10.3. The van der Waals surface area contributed by atoms with E-state index in [4.69, 9.17) is 16.3 Å². The molecule has 1 aromatic carbocycles. The van der Waals surface area contributed by atoms with Crippen molar-refractivity contribution in [3.05, 3.63) is 41.2 Å². The van der Waals surface area contributed by atoms with Crippen LogP contribution in [0.2, 0.25) is 5.02 Å². The fourth-order valence-electron chi connectivity index (χ4n) is 1.88. The Balaban J connectivity index is 1.45. The molecule has 1 saturated carbocycles. The quantitative estimate of drug-likeness (QED) is 0.850. The second-order valence-corrected chi connectivity index (χ2v) is 5.31. The van der Waals surface area contributed by atoms with Gasteiger partial charge in [-0.1, -0.05) is 28.9 Å². The molecule has 1 aliphatic carbocycles. The Morgan fingerprint density at radius 1 is 1.35 bits per heavy atom. The standard InChI is InChI=1S/C14H17ClN4O/c15-13-3-1-2-4-14(13)20-8-7-19-10-12(17-18-19)9-16-11-5-6-11/h1-4,10-11,16H,5-9H2. The van der Waals surface area contributed by atoms with Crippen LogP contribution in [0.15, 0.2) is 30.5 Å². The Bertz CT molecular complexity index is 568. The van der Waals surface area contributed by atoms with Gasteiger partial charge in [-0.15, -0.1) is 5.10 Å². The van der Waals surface area contributed by atoms with Crippen LogP contribution >= 0.6 is 11.6 Å². The topological polar surface area (TPSA) is 52.0 Å². The fraction of sp³-hybridized carbons (Fsp3) is 0.429. The van der Waals surface area contributed by atoms with Gasteiger partial charge in [-0.05, 0) is 25.0 Å². The highest BCUT2D eigenvalue weighted by atomic mass is 35.5. The molecule has 0 aliphatic heterocycles. The van der Waals surface area contributed by atoms with E-state index in [1.165, 1.54) is 12.8 Å². The SMILES string of the molecule is Clc1ccccc1OCCn1cc(CNC2CC2)nn1. The summed E-state index contributed by atoms with van der Waals surface area (Å²) in [7, 11) is 0. The summed E-state index contributed by atoms with van der Waals surface area (Å²) >= 11 is 6.02. The van der Waals surface area contributed by atoms with Crippen molar-refractivity contribution in [1.82, 2.24) is 20.3 Å². The summed E-state index contributed by atoms with van der Waals surface area (Å²) in [5, 5.41) is 12.2. The molecule has 106 valence electrons. The number of aromatic nitrogens is 3. The first-order valence-corrected chi connectivity index (χ1v) is 7.19. The maximum absolute atomic E-state index is 6.02. The van der Waals surface area contributed by atoms with Crippen LogP contribution in [0.25, 0.3) is 0 Å². The van der Waals surface area contributed by atoms with Crippen molar-refractivity contribution in [1.29, 1.82) is 0 Å². The molecule has 0 saturated heterocycles. The van der Waals surface area contributed by atoms with Gasteiger partial charge in [0, 0.05) is 18.8 Å². The zero-order valence-corrected chi connectivity index (χ0v) is 11.9. The van der Waals surface area contributed by atoms with E-state index in [2.05, 4.69) is 15.6 Å². The highest BCUT2D eigenvalue weighted by molar-refractivity contribution is 6.32. The van der Waals surface area contributed by atoms with E-state index in [9.17, 15) is 0 Å². The Morgan fingerprint density at radius 3 is 3.00 bits per heavy atom. The van der Waals surface area contributed by atoms with Gasteiger partial charge in [0.05, 0.1) is 17.3 Å². The highest BCUT2D eigenvalue weighted by Crippen LogP contribution is 2.22. The molecule has 1 aliphatic rings. The molecule has 1 fully saturated rings. The Morgan fingerprint density at radius 2 is 2.20 bits per heavy atom. The number of ether oxygens (including phenoxy) is 1. The average Bonchev–Trinajstić information content (AvgIpc) is 3.18. The van der Waals surface area contributed by atoms with Crippen molar-refractivity contribution in [2.75, 3.05) is 6.61 Å². The fourth-order valence-corrected chi connectivity index (χ4v) is 2.07. The lowest BCUT2D eigenvalue weighted by molar-refractivity contribution is 0.290. The lowest BCUT2D eigenvalue weighted by Crippen LogP contribution is -2.15. The van der Waals surface area contributed by atoms with Gasteiger partial charge >= 0.3 is 0 Å². The molecule has 5 nitrogen and oxygen atoms in total. The van der Waals surface area contributed by atoms with Gasteiger partial charge < -0.3 is 10.1 Å². The van der Waals surface area contributed by atoms with E-state index in [1.807, 2.05) is 30.5 Å². The monoisotopic (exact) mass is 292 g/mol. The lowest BCUT2D eigenvalue weighted by Gasteiger charge is -2.07. The van der Waals surface area contributed by atoms with Gasteiger partial charge in [0.25, 0.3) is 0 Å². The molecule has 0 spiro atoms. The van der Waals surface area contributed by atoms with Gasteiger partial charge in [0.2, 0.25) is 0 Å². The molecule has 0 amide bonds. The molecule has 1 heterocycles. The zero-order chi connectivity index (χ0) is 13.8. The normalized spacial score (nSPS) is 14.4. The van der Waals surface area contributed by atoms with Crippen molar-refractivity contribution >= 4 is 11.6 Å². The minimum atomic E-state index is 0.516. The van der Waals surface area contributed by atoms with Crippen LogP contribution < -0.4 is 10.1 Å². The number of halogens is 1. The van der Waals surface area contributed by atoms with E-state index in [1.54, 1.807) is 4.68 Å². The van der Waals surface area contributed by atoms with Crippen LogP contribution in [-0.2, 0) is 13.1 Å². The molecule has 0 unspecified atom stereocenters. The number of hydrogen-bond acceptors (Lipinski definition) is 4. The smallest absolute Gasteiger partial charge is 0.137 e. The molecule has 0 radical (unpaired) electrons. The van der Waals surface area contributed by atoms with Crippen molar-refractivity contribution in [2.24, 2.45) is 0 Å². The van der Waals surface area contributed by atoms with E-state index in [0.717, 1.165) is 12.2 Å². The number of nitrogens with one attached hydrogen (secondary N) is 1. The molecule has 6 heteroatoms. The third kappa shape index (κ3) is 3.71. The van der Waals surface area contributed by atoms with Gasteiger partial charge in [-0.25, -0.2) is 4.68 Å². The largest absolute Gasteiger partial charge is 0.490 e. The minimum Gasteiger partial charge on any atom is -0.490 e. The molecular formula is C14H17ClN4O. The van der Waals surface area contributed by atoms with Crippen LogP contribution in [-0.4, -0.2) is 27.6 Å². The summed E-state index contributed by atoms with van der Waals surface area (Å²) in [4.78, 5) is 0. The van der Waals surface area contributed by atoms with E-state index < -0.39 is 0 Å². The molecular weight excluding hydrogens is 276 g/mol. The summed E-state index contributed by atoms with van der Waals surface area (Å²) in [5.74, 6) is 0.699. The predicted molar refractivity (Wildman–Crippen MR) is 76.8 cm³/mol. The molecule has 1 aromatic heterocycles. The summed E-state index contributed by atoms with van der Waals surface area (Å²) in [6.07, 6.45) is 4.50. The van der Waals surface area contributed by atoms with Crippen molar-refractivity contribution in [3.63, 3.8) is 0 Å². The Hall–Kier alpha value is -1.59. The number of hydrogen-bond donors (Lipinski definition) is 1. The molecule has 0 atom stereocenters. The second-order valence-electron chi connectivity index (χ2n) is 4.91. The molecule has 20 heavy (non-hydrogen) atoms. The van der Waals surface area contributed by atoms with E-state index in [0.29, 0.717) is 30.0 Å². The summed E-state index contributed by atoms with van der Waals surface area (Å²) < 4.78 is 7.41. The highest BCUT2D eigenvalue weighted by Gasteiger charge is 2.20. The van der Waals surface area contributed by atoms with Crippen LogP contribution in [0.1, 0.15) is 18.5 Å². The van der Waals surface area contributed by atoms with Gasteiger partial charge in [-0.2, -0.15) is 0 Å². The Labute approximate surface area is 122 Å². The maximum atomic E-state index is 6.02. The number of para-hydroxylation sites is 1. The van der Waals surface area contributed by atoms with Crippen molar-refractivity contribution in [3.8, 4) is 5.75 Å². The summed E-state index contributed by atoms with van der Waals surface area (Å²) in [5.41, 5.74) is 0.967. The third-order valence-electron chi connectivity index (χ3n) is 3.15. The molecule has 0 bridgehead atoms. The third-order valence-corrected chi connectivity index (χ3v) is 3.46. The number of nitrogens with zero attached hydrogens (tertiary/aromatic N) is 3. The van der Waals surface area contributed by atoms with E-state index >= 15 is 0 Å². The number of benzene rings is 1. The van der Waals surface area contributed by atoms with Gasteiger partial charge in [0.1, 0.15) is 12.4 Å². The summed E-state index contributed by atoms with van der Waals surface area (Å²) in [6, 6.07) is 8.14. The van der Waals surface area contributed by atoms with Crippen molar-refractivity contribution < 1.29 is 4.74 Å². The Kier molecular flexibility index (Phi) is 4.18. The van der Waals surface area contributed by atoms with Gasteiger partial charge in [0.15, 0.2) is 0 Å². The van der Waals surface area contributed by atoms with Crippen LogP contribution in [0.4, 0.5) is 0 Å². The average molecular weight is 293 g/mol. The first kappa shape index (κ1) is 13.4. The zero-order valence-electron chi connectivity index (χ0n) is 11.1. The molecule has 2 aromatic rings. The maximum Gasteiger partial charge on any atom is 0.137 e. The first-order chi connectivity index (χ1) is 9.81. The summed E-state index contributed by atoms with van der Waals surface area (Å²) in [6.45, 7) is 1.96. The van der Waals surface area contributed by atoms with Crippen LogP contribution in [0, 0.1) is 0 Å². The molecule has 1 N–H and O–H groups in total. The van der Waals surface area contributed by atoms with Crippen LogP contribution in [0.5, 0.6) is 5.75 Å². The minimum absolute atomic E-state index is 0.516. The predicted octanol–water partition coefficient (Wildman–Crippen LogP) is 2.26. The molecule has 3 rings (SSSR count). The van der Waals surface area contributed by atoms with Crippen molar-refractivity contribution in [2.45, 2.75) is 32.0 Å². The second kappa shape index (κ2) is 6.24. The number of rotatable bonds is 7. The first-order valence-electron chi connectivity index (χ1n) is 6.81. The van der Waals surface area contributed by atoms with E-state index in [-0.39, 0.29) is 0 Å².